The third-order valence-electron chi connectivity index (χ3n) is 4.66. The molecular formula is C21H35N3O2. The van der Waals surface area contributed by atoms with Crippen LogP contribution in [-0.4, -0.2) is 40.2 Å². The van der Waals surface area contributed by atoms with Gasteiger partial charge in [0.25, 0.3) is 0 Å². The lowest BCUT2D eigenvalue weighted by Gasteiger charge is -2.37. The van der Waals surface area contributed by atoms with Gasteiger partial charge in [0.1, 0.15) is 11.4 Å². The van der Waals surface area contributed by atoms with Gasteiger partial charge in [-0.1, -0.05) is 6.07 Å². The molecule has 0 N–H and O–H groups in total. The normalized spacial score (nSPS) is 18.3. The van der Waals surface area contributed by atoms with Crippen LogP contribution in [0.1, 0.15) is 79.3 Å². The summed E-state index contributed by atoms with van der Waals surface area (Å²) in [5.74, 6) is 0.985. The Labute approximate surface area is 158 Å². The molecule has 2 rings (SSSR count). The average molecular weight is 362 g/mol. The molecule has 5 heteroatoms. The Morgan fingerprint density at radius 3 is 2.35 bits per heavy atom. The molecule has 2 heterocycles. The van der Waals surface area contributed by atoms with Gasteiger partial charge in [0, 0.05) is 24.8 Å². The van der Waals surface area contributed by atoms with Crippen LogP contribution in [0.25, 0.3) is 0 Å². The Bertz CT molecular complexity index is 582. The van der Waals surface area contributed by atoms with Gasteiger partial charge in [0.2, 0.25) is 0 Å². The lowest BCUT2D eigenvalue weighted by Crippen LogP contribution is -2.42. The summed E-state index contributed by atoms with van der Waals surface area (Å²) in [4.78, 5) is 21.5. The molecule has 0 saturated carbocycles. The number of amides is 1. The minimum absolute atomic E-state index is 0.0479. The molecule has 1 aliphatic rings. The minimum atomic E-state index is -0.476. The number of anilines is 1. The first kappa shape index (κ1) is 20.5. The Kier molecular flexibility index (Phi) is 6.53. The van der Waals surface area contributed by atoms with Crippen molar-refractivity contribution in [1.82, 2.24) is 9.88 Å². The lowest BCUT2D eigenvalue weighted by molar-refractivity contribution is 0.00948. The van der Waals surface area contributed by atoms with E-state index >= 15 is 0 Å². The molecule has 1 atom stereocenters. The molecule has 1 aromatic heterocycles. The molecular weight excluding hydrogens is 326 g/mol. The zero-order valence-corrected chi connectivity index (χ0v) is 17.5. The molecule has 5 nitrogen and oxygen atoms in total. The number of piperidine rings is 1. The molecule has 1 aliphatic heterocycles. The molecule has 0 unspecified atom stereocenters. The van der Waals surface area contributed by atoms with Gasteiger partial charge in [-0.05, 0) is 79.4 Å². The average Bonchev–Trinajstić information content (AvgIpc) is 2.53. The summed E-state index contributed by atoms with van der Waals surface area (Å²) in [6.07, 6.45) is 4.81. The number of pyridine rings is 1. The number of aromatic nitrogens is 1. The van der Waals surface area contributed by atoms with Crippen LogP contribution in [0.15, 0.2) is 18.3 Å². The summed E-state index contributed by atoms with van der Waals surface area (Å²) in [5, 5.41) is 0. The third kappa shape index (κ3) is 5.12. The number of carbonyl (C=O) groups is 1. The molecule has 0 radical (unpaired) electrons. The molecule has 0 bridgehead atoms. The Morgan fingerprint density at radius 1 is 1.19 bits per heavy atom. The van der Waals surface area contributed by atoms with Crippen molar-refractivity contribution in [3.05, 3.63) is 23.9 Å². The van der Waals surface area contributed by atoms with Gasteiger partial charge in [-0.3, -0.25) is 0 Å². The molecule has 0 aromatic carbocycles. The number of hydrogen-bond donors (Lipinski definition) is 0. The van der Waals surface area contributed by atoms with Crippen LogP contribution in [-0.2, 0) is 4.74 Å². The van der Waals surface area contributed by atoms with Crippen molar-refractivity contribution < 1.29 is 9.53 Å². The standard InChI is InChI=1S/C21H35N3O2/c1-15(2)24(16(3)4)19-12-11-17(14-22-19)18-10-8-9-13-23(18)20(25)26-21(5,6)7/h11-12,14-16,18H,8-10,13H2,1-7H3/t18-/m1/s1. The number of rotatable bonds is 4. The zero-order valence-electron chi connectivity index (χ0n) is 17.5. The SMILES string of the molecule is CC(C)N(c1ccc([C@H]2CCCCN2C(=O)OC(C)(C)C)cn1)C(C)C. The number of nitrogens with zero attached hydrogens (tertiary/aromatic N) is 3. The van der Waals surface area contributed by atoms with Crippen LogP contribution < -0.4 is 4.90 Å². The maximum Gasteiger partial charge on any atom is 0.410 e. The van der Waals surface area contributed by atoms with Crippen molar-refractivity contribution in [1.29, 1.82) is 0 Å². The summed E-state index contributed by atoms with van der Waals surface area (Å²) in [7, 11) is 0. The molecule has 1 fully saturated rings. The van der Waals surface area contributed by atoms with Gasteiger partial charge in [-0.15, -0.1) is 0 Å². The van der Waals surface area contributed by atoms with Crippen molar-refractivity contribution in [2.45, 2.75) is 91.5 Å². The van der Waals surface area contributed by atoms with E-state index in [-0.39, 0.29) is 12.1 Å². The van der Waals surface area contributed by atoms with Crippen molar-refractivity contribution in [2.24, 2.45) is 0 Å². The minimum Gasteiger partial charge on any atom is -0.444 e. The van der Waals surface area contributed by atoms with Crippen LogP contribution >= 0.6 is 0 Å². The fourth-order valence-electron chi connectivity index (χ4n) is 3.69. The van der Waals surface area contributed by atoms with E-state index < -0.39 is 5.60 Å². The number of carbonyl (C=O) groups excluding carboxylic acids is 1. The van der Waals surface area contributed by atoms with Gasteiger partial charge < -0.3 is 14.5 Å². The summed E-state index contributed by atoms with van der Waals surface area (Å²) >= 11 is 0. The summed E-state index contributed by atoms with van der Waals surface area (Å²) < 4.78 is 5.61. The first-order valence-corrected chi connectivity index (χ1v) is 9.84. The topological polar surface area (TPSA) is 45.7 Å². The number of likely N-dealkylation sites (tertiary alicyclic amines) is 1. The van der Waals surface area contributed by atoms with Gasteiger partial charge in [-0.25, -0.2) is 9.78 Å². The van der Waals surface area contributed by atoms with E-state index in [1.54, 1.807) is 0 Å². The maximum absolute atomic E-state index is 12.6. The van der Waals surface area contributed by atoms with Crippen LogP contribution in [0.5, 0.6) is 0 Å². The first-order valence-electron chi connectivity index (χ1n) is 9.84. The van der Waals surface area contributed by atoms with E-state index in [1.807, 2.05) is 31.9 Å². The van der Waals surface area contributed by atoms with Crippen LogP contribution in [0.2, 0.25) is 0 Å². The molecule has 0 aliphatic carbocycles. The lowest BCUT2D eigenvalue weighted by atomic mass is 9.97. The van der Waals surface area contributed by atoms with Crippen LogP contribution in [0, 0.1) is 0 Å². The molecule has 1 amide bonds. The molecule has 1 saturated heterocycles. The number of hydrogen-bond acceptors (Lipinski definition) is 4. The largest absolute Gasteiger partial charge is 0.444 e. The smallest absolute Gasteiger partial charge is 0.410 e. The first-order chi connectivity index (χ1) is 12.1. The third-order valence-corrected chi connectivity index (χ3v) is 4.66. The van der Waals surface area contributed by atoms with E-state index in [0.717, 1.165) is 37.2 Å². The Morgan fingerprint density at radius 2 is 1.85 bits per heavy atom. The van der Waals surface area contributed by atoms with Gasteiger partial charge in [0.05, 0.1) is 6.04 Å². The van der Waals surface area contributed by atoms with Gasteiger partial charge in [0.15, 0.2) is 0 Å². The molecule has 146 valence electrons. The van der Waals surface area contributed by atoms with Crippen molar-refractivity contribution in [3.8, 4) is 0 Å². The predicted molar refractivity (Wildman–Crippen MR) is 107 cm³/mol. The zero-order chi connectivity index (χ0) is 19.5. The van der Waals surface area contributed by atoms with Crippen molar-refractivity contribution >= 4 is 11.9 Å². The van der Waals surface area contributed by atoms with Crippen molar-refractivity contribution in [3.63, 3.8) is 0 Å². The molecule has 0 spiro atoms. The van der Waals surface area contributed by atoms with E-state index in [0.29, 0.717) is 12.1 Å². The van der Waals surface area contributed by atoms with E-state index in [9.17, 15) is 4.79 Å². The highest BCUT2D eigenvalue weighted by Gasteiger charge is 2.31. The fourth-order valence-corrected chi connectivity index (χ4v) is 3.69. The highest BCUT2D eigenvalue weighted by molar-refractivity contribution is 5.69. The van der Waals surface area contributed by atoms with Crippen molar-refractivity contribution in [2.75, 3.05) is 11.4 Å². The van der Waals surface area contributed by atoms with Gasteiger partial charge >= 0.3 is 6.09 Å². The maximum atomic E-state index is 12.6. The van der Waals surface area contributed by atoms with E-state index in [1.165, 1.54) is 0 Å². The van der Waals surface area contributed by atoms with Crippen LogP contribution in [0.3, 0.4) is 0 Å². The van der Waals surface area contributed by atoms with E-state index in [4.69, 9.17) is 9.72 Å². The fraction of sp³-hybridized carbons (Fsp3) is 0.714. The second-order valence-corrected chi connectivity index (χ2v) is 8.73. The second kappa shape index (κ2) is 8.28. The molecule has 1 aromatic rings. The summed E-state index contributed by atoms with van der Waals surface area (Å²) in [6.45, 7) is 15.2. The quantitative estimate of drug-likeness (QED) is 0.742. The van der Waals surface area contributed by atoms with E-state index in [2.05, 4.69) is 44.7 Å². The van der Waals surface area contributed by atoms with Crippen LogP contribution in [0.4, 0.5) is 10.6 Å². The summed E-state index contributed by atoms with van der Waals surface area (Å²) in [5.41, 5.74) is 0.614. The monoisotopic (exact) mass is 361 g/mol. The second-order valence-electron chi connectivity index (χ2n) is 8.73. The Hall–Kier alpha value is -1.78. The summed E-state index contributed by atoms with van der Waals surface area (Å²) in [6, 6.07) is 5.03. The molecule has 26 heavy (non-hydrogen) atoms. The highest BCUT2D eigenvalue weighted by Crippen LogP contribution is 2.32. The number of ether oxygens (including phenoxy) is 1. The van der Waals surface area contributed by atoms with Gasteiger partial charge in [-0.2, -0.15) is 0 Å². The highest BCUT2D eigenvalue weighted by atomic mass is 16.6. The predicted octanol–water partition coefficient (Wildman–Crippen LogP) is 5.17. The Balaban J connectivity index is 2.21.